The van der Waals surface area contributed by atoms with Crippen molar-refractivity contribution in [3.05, 3.63) is 29.8 Å². The lowest BCUT2D eigenvalue weighted by Gasteiger charge is -2.14. The summed E-state index contributed by atoms with van der Waals surface area (Å²) >= 11 is 0. The topological polar surface area (TPSA) is 71.9 Å². The van der Waals surface area contributed by atoms with Gasteiger partial charge in [-0.2, -0.15) is 8.78 Å². The Morgan fingerprint density at radius 2 is 1.96 bits per heavy atom. The monoisotopic (exact) mass is 328 g/mol. The maximum absolute atomic E-state index is 12.1. The van der Waals surface area contributed by atoms with Crippen molar-refractivity contribution in [1.29, 1.82) is 0 Å². The zero-order valence-corrected chi connectivity index (χ0v) is 12.8. The second-order valence-electron chi connectivity index (χ2n) is 5.63. The molecule has 1 unspecified atom stereocenters. The van der Waals surface area contributed by atoms with E-state index < -0.39 is 12.6 Å². The molecule has 6 nitrogen and oxygen atoms in total. The molecule has 2 rings (SSSR count). The minimum atomic E-state index is -2.85. The number of benzene rings is 1. The minimum Gasteiger partial charge on any atom is -0.435 e. The van der Waals surface area contributed by atoms with Gasteiger partial charge >= 0.3 is 12.6 Å². The van der Waals surface area contributed by atoms with Gasteiger partial charge in [0.25, 0.3) is 5.91 Å². The molecule has 0 spiro atoms. The van der Waals surface area contributed by atoms with Gasteiger partial charge in [0.2, 0.25) is 0 Å². The molecule has 1 aromatic rings. The average Bonchev–Trinajstić information content (AvgIpc) is 3.23. The van der Waals surface area contributed by atoms with E-state index in [2.05, 4.69) is 15.4 Å². The molecule has 0 radical (unpaired) electrons. The van der Waals surface area contributed by atoms with Crippen LogP contribution in [0.25, 0.3) is 0 Å². The van der Waals surface area contributed by atoms with Crippen molar-refractivity contribution in [2.75, 3.05) is 13.6 Å². The van der Waals surface area contributed by atoms with Crippen LogP contribution < -0.4 is 20.3 Å². The van der Waals surface area contributed by atoms with Gasteiger partial charge in [0.05, 0.1) is 7.05 Å². The predicted molar refractivity (Wildman–Crippen MR) is 78.2 cm³/mol. The number of ether oxygens (including phenoxy) is 1. The molecule has 1 fully saturated rings. The largest absolute Gasteiger partial charge is 0.435 e. The van der Waals surface area contributed by atoms with Crippen molar-refractivity contribution < 1.29 is 28.0 Å². The van der Waals surface area contributed by atoms with Gasteiger partial charge in [0, 0.05) is 11.6 Å². The number of urea groups is 1. The lowest BCUT2D eigenvalue weighted by atomic mass is 10.2. The standard InChI is InChI=1S/C15H19F2N3O3/c1-20(9-13(21)19-15(22)18-11-4-5-11)8-10-2-6-12(7-3-10)23-14(16)17/h2-3,6-7,11,14H,4-5,8-9H2,1H3,(H2,18,19,21,22)/p+1. The Morgan fingerprint density at radius 3 is 2.52 bits per heavy atom. The number of imide groups is 1. The summed E-state index contributed by atoms with van der Waals surface area (Å²) in [6, 6.07) is 5.98. The number of hydrogen-bond acceptors (Lipinski definition) is 3. The Bertz CT molecular complexity index is 547. The molecule has 0 heterocycles. The van der Waals surface area contributed by atoms with Crippen molar-refractivity contribution in [2.45, 2.75) is 32.0 Å². The first kappa shape index (κ1) is 17.1. The van der Waals surface area contributed by atoms with E-state index >= 15 is 0 Å². The van der Waals surface area contributed by atoms with Crippen LogP contribution in [0.15, 0.2) is 24.3 Å². The van der Waals surface area contributed by atoms with E-state index in [9.17, 15) is 18.4 Å². The number of nitrogens with one attached hydrogen (secondary N) is 3. The van der Waals surface area contributed by atoms with Crippen LogP contribution in [0.2, 0.25) is 0 Å². The first-order valence-corrected chi connectivity index (χ1v) is 7.38. The quantitative estimate of drug-likeness (QED) is 0.674. The third-order valence-corrected chi connectivity index (χ3v) is 3.28. The molecule has 3 amide bonds. The number of carbonyl (C=O) groups is 2. The summed E-state index contributed by atoms with van der Waals surface area (Å²) in [5.41, 5.74) is 0.874. The van der Waals surface area contributed by atoms with Gasteiger partial charge in [-0.1, -0.05) is 0 Å². The Balaban J connectivity index is 1.73. The number of quaternary nitrogens is 1. The van der Waals surface area contributed by atoms with Crippen molar-refractivity contribution in [3.8, 4) is 5.75 Å². The number of carbonyl (C=O) groups excluding carboxylic acids is 2. The highest BCUT2D eigenvalue weighted by Gasteiger charge is 2.24. The summed E-state index contributed by atoms with van der Waals surface area (Å²) in [5.74, 6) is -0.269. The molecule has 1 aromatic carbocycles. The van der Waals surface area contributed by atoms with E-state index in [4.69, 9.17) is 0 Å². The van der Waals surface area contributed by atoms with Crippen LogP contribution in [0.3, 0.4) is 0 Å². The van der Waals surface area contributed by atoms with Crippen molar-refractivity contribution >= 4 is 11.9 Å². The van der Waals surface area contributed by atoms with E-state index in [1.807, 2.05) is 7.05 Å². The van der Waals surface area contributed by atoms with Crippen LogP contribution in [0, 0.1) is 0 Å². The highest BCUT2D eigenvalue weighted by atomic mass is 19.3. The Hall–Kier alpha value is -2.22. The Labute approximate surface area is 132 Å². The van der Waals surface area contributed by atoms with E-state index in [1.165, 1.54) is 12.1 Å². The average molecular weight is 328 g/mol. The van der Waals surface area contributed by atoms with Crippen LogP contribution in [0.4, 0.5) is 13.6 Å². The molecule has 126 valence electrons. The SMILES string of the molecule is C[NH+](CC(=O)NC(=O)NC1CC1)Cc1ccc(OC(F)F)cc1. The molecule has 8 heteroatoms. The lowest BCUT2D eigenvalue weighted by molar-refractivity contribution is -0.885. The summed E-state index contributed by atoms with van der Waals surface area (Å²) in [6.45, 7) is -2.19. The molecule has 0 bridgehead atoms. The normalized spacial score (nSPS) is 15.1. The number of halogens is 2. The zero-order valence-electron chi connectivity index (χ0n) is 12.8. The first-order valence-electron chi connectivity index (χ1n) is 7.38. The van der Waals surface area contributed by atoms with Gasteiger partial charge in [-0.05, 0) is 37.1 Å². The molecular formula is C15H20F2N3O3+. The molecule has 0 aliphatic heterocycles. The van der Waals surface area contributed by atoms with Crippen LogP contribution in [-0.4, -0.2) is 38.2 Å². The summed E-state index contributed by atoms with van der Waals surface area (Å²) in [7, 11) is 1.81. The van der Waals surface area contributed by atoms with Crippen LogP contribution in [0.5, 0.6) is 5.75 Å². The van der Waals surface area contributed by atoms with Gasteiger partial charge in [0.15, 0.2) is 6.54 Å². The summed E-state index contributed by atoms with van der Waals surface area (Å²) < 4.78 is 28.4. The van der Waals surface area contributed by atoms with Gasteiger partial charge in [-0.15, -0.1) is 0 Å². The lowest BCUT2D eigenvalue weighted by Crippen LogP contribution is -3.09. The molecule has 0 aromatic heterocycles. The second kappa shape index (κ2) is 7.87. The van der Waals surface area contributed by atoms with E-state index in [-0.39, 0.29) is 24.2 Å². The predicted octanol–water partition coefficient (Wildman–Crippen LogP) is 0.291. The van der Waals surface area contributed by atoms with Crippen molar-refractivity contribution in [1.82, 2.24) is 10.6 Å². The van der Waals surface area contributed by atoms with Crippen molar-refractivity contribution in [2.24, 2.45) is 0 Å². The van der Waals surface area contributed by atoms with Gasteiger partial charge in [0.1, 0.15) is 12.3 Å². The smallest absolute Gasteiger partial charge is 0.387 e. The Kier molecular flexibility index (Phi) is 5.86. The molecule has 1 atom stereocenters. The second-order valence-corrected chi connectivity index (χ2v) is 5.63. The number of hydrogen-bond donors (Lipinski definition) is 3. The molecule has 0 saturated heterocycles. The summed E-state index contributed by atoms with van der Waals surface area (Å²) in [4.78, 5) is 24.0. The fraction of sp³-hybridized carbons (Fsp3) is 0.467. The highest BCUT2D eigenvalue weighted by Crippen LogP contribution is 2.18. The Morgan fingerprint density at radius 1 is 1.30 bits per heavy atom. The fourth-order valence-corrected chi connectivity index (χ4v) is 2.09. The molecule has 3 N–H and O–H groups in total. The molecule has 1 aliphatic rings. The van der Waals surface area contributed by atoms with Gasteiger partial charge < -0.3 is 15.0 Å². The van der Waals surface area contributed by atoms with Gasteiger partial charge in [-0.25, -0.2) is 4.79 Å². The van der Waals surface area contributed by atoms with E-state index in [0.717, 1.165) is 23.3 Å². The third kappa shape index (κ3) is 6.60. The van der Waals surface area contributed by atoms with Crippen LogP contribution in [-0.2, 0) is 11.3 Å². The third-order valence-electron chi connectivity index (χ3n) is 3.28. The first-order chi connectivity index (χ1) is 10.9. The van der Waals surface area contributed by atoms with E-state index in [0.29, 0.717) is 6.54 Å². The van der Waals surface area contributed by atoms with Crippen molar-refractivity contribution in [3.63, 3.8) is 0 Å². The molecule has 1 aliphatic carbocycles. The highest BCUT2D eigenvalue weighted by molar-refractivity contribution is 5.94. The number of alkyl halides is 2. The molecule has 1 saturated carbocycles. The maximum atomic E-state index is 12.1. The summed E-state index contributed by atoms with van der Waals surface area (Å²) in [6.07, 6.45) is 1.91. The zero-order chi connectivity index (χ0) is 16.8. The number of rotatable bonds is 7. The molecule has 23 heavy (non-hydrogen) atoms. The number of amides is 3. The molecular weight excluding hydrogens is 308 g/mol. The summed E-state index contributed by atoms with van der Waals surface area (Å²) in [5, 5.41) is 4.96. The van der Waals surface area contributed by atoms with E-state index in [1.54, 1.807) is 12.1 Å². The minimum absolute atomic E-state index is 0.0934. The van der Waals surface area contributed by atoms with Crippen LogP contribution in [0.1, 0.15) is 18.4 Å². The number of likely N-dealkylation sites (N-methyl/N-ethyl adjacent to an activating group) is 1. The van der Waals surface area contributed by atoms with Crippen LogP contribution >= 0.6 is 0 Å². The van der Waals surface area contributed by atoms with Gasteiger partial charge in [-0.3, -0.25) is 10.1 Å². The fourth-order valence-electron chi connectivity index (χ4n) is 2.09. The maximum Gasteiger partial charge on any atom is 0.387 e.